The van der Waals surface area contributed by atoms with E-state index in [9.17, 15) is 38.2 Å². The Labute approximate surface area is 391 Å². The van der Waals surface area contributed by atoms with Gasteiger partial charge < -0.3 is 35.2 Å². The van der Waals surface area contributed by atoms with Gasteiger partial charge in [-0.2, -0.15) is 8.42 Å². The van der Waals surface area contributed by atoms with Crippen molar-refractivity contribution in [1.82, 2.24) is 5.32 Å². The highest BCUT2D eigenvalue weighted by Gasteiger charge is 2.48. The van der Waals surface area contributed by atoms with Gasteiger partial charge in [0.15, 0.2) is 6.29 Å². The minimum absolute atomic E-state index is 0.230. The number of unbranched alkanes of at least 4 members (excludes halogenated alkanes) is 32. The second-order valence-corrected chi connectivity index (χ2v) is 19.9. The molecular formula is C51H99NO11S. The molecule has 12 nitrogen and oxygen atoms in total. The van der Waals surface area contributed by atoms with Gasteiger partial charge in [0.2, 0.25) is 5.91 Å². The first-order chi connectivity index (χ1) is 31.0. The van der Waals surface area contributed by atoms with Crippen LogP contribution in [0.25, 0.3) is 0 Å². The average Bonchev–Trinajstić information content (AvgIpc) is 3.27. The van der Waals surface area contributed by atoms with Crippen molar-refractivity contribution in [1.29, 1.82) is 0 Å². The van der Waals surface area contributed by atoms with Crippen LogP contribution in [0.15, 0.2) is 12.2 Å². The molecule has 0 aromatic carbocycles. The van der Waals surface area contributed by atoms with Gasteiger partial charge in [0.1, 0.15) is 24.4 Å². The van der Waals surface area contributed by atoms with Crippen molar-refractivity contribution >= 4 is 16.3 Å². The third-order valence-electron chi connectivity index (χ3n) is 12.8. The van der Waals surface area contributed by atoms with E-state index in [1.165, 1.54) is 173 Å². The number of carbonyl (C=O) groups is 1. The Hall–Kier alpha value is -1.16. The van der Waals surface area contributed by atoms with Gasteiger partial charge in [0.05, 0.1) is 25.4 Å². The van der Waals surface area contributed by atoms with Crippen molar-refractivity contribution in [2.45, 2.75) is 294 Å². The summed E-state index contributed by atoms with van der Waals surface area (Å²) in [7, 11) is -5.08. The van der Waals surface area contributed by atoms with Gasteiger partial charge in [-0.15, -0.1) is 0 Å². The number of carbonyl (C=O) groups excluding carboxylic acids is 1. The molecule has 6 N–H and O–H groups in total. The average molecular weight is 934 g/mol. The monoisotopic (exact) mass is 934 g/mol. The van der Waals surface area contributed by atoms with E-state index in [2.05, 4.69) is 35.5 Å². The molecule has 1 aliphatic rings. The molecule has 1 heterocycles. The van der Waals surface area contributed by atoms with Crippen molar-refractivity contribution in [3.05, 3.63) is 12.2 Å². The molecule has 7 unspecified atom stereocenters. The Morgan fingerprint density at radius 3 is 1.41 bits per heavy atom. The Bertz CT molecular complexity index is 1190. The molecule has 64 heavy (non-hydrogen) atoms. The zero-order chi connectivity index (χ0) is 46.9. The summed E-state index contributed by atoms with van der Waals surface area (Å²) in [6, 6.07) is -0.855. The number of aliphatic hydroxyl groups excluding tert-OH is 4. The quantitative estimate of drug-likeness (QED) is 0.0193. The SMILES string of the molecule is CCCCCCCCCCCCCC/C=C\CCCCCCCCCCCC(=O)NC(COC1OC(CO)C(O)C(OS(=O)(=O)O)C1O)C(O)CCCCCCCCCCCCCC. The molecule has 13 heteroatoms. The van der Waals surface area contributed by atoms with E-state index in [-0.39, 0.29) is 12.5 Å². The van der Waals surface area contributed by atoms with Crippen LogP contribution in [0.3, 0.4) is 0 Å². The largest absolute Gasteiger partial charge is 0.397 e. The fraction of sp³-hybridized carbons (Fsp3) is 0.941. The van der Waals surface area contributed by atoms with Gasteiger partial charge in [-0.3, -0.25) is 9.35 Å². The number of nitrogens with one attached hydrogen (secondary N) is 1. The number of hydrogen-bond donors (Lipinski definition) is 6. The third-order valence-corrected chi connectivity index (χ3v) is 13.3. The minimum atomic E-state index is -5.08. The zero-order valence-electron chi connectivity index (χ0n) is 40.9. The van der Waals surface area contributed by atoms with Crippen molar-refractivity contribution in [2.75, 3.05) is 13.2 Å². The summed E-state index contributed by atoms with van der Waals surface area (Å²) in [4.78, 5) is 13.1. The van der Waals surface area contributed by atoms with Crippen LogP contribution >= 0.6 is 0 Å². The minimum Gasteiger partial charge on any atom is -0.394 e. The number of ether oxygens (including phenoxy) is 2. The molecule has 0 spiro atoms. The molecule has 1 rings (SSSR count). The molecule has 1 aliphatic heterocycles. The second-order valence-electron chi connectivity index (χ2n) is 18.8. The maximum Gasteiger partial charge on any atom is 0.397 e. The summed E-state index contributed by atoms with van der Waals surface area (Å²) in [5.41, 5.74) is 0. The van der Waals surface area contributed by atoms with E-state index >= 15 is 0 Å². The van der Waals surface area contributed by atoms with E-state index in [0.29, 0.717) is 12.8 Å². The second kappa shape index (κ2) is 42.0. The van der Waals surface area contributed by atoms with Gasteiger partial charge in [0, 0.05) is 6.42 Å². The molecule has 0 saturated carbocycles. The van der Waals surface area contributed by atoms with E-state index in [4.69, 9.17) is 9.47 Å². The van der Waals surface area contributed by atoms with Crippen LogP contribution < -0.4 is 5.32 Å². The molecule has 1 fully saturated rings. The normalized spacial score (nSPS) is 20.3. The summed E-state index contributed by atoms with van der Waals surface area (Å²) >= 11 is 0. The summed E-state index contributed by atoms with van der Waals surface area (Å²) < 4.78 is 47.7. The van der Waals surface area contributed by atoms with Crippen molar-refractivity contribution in [2.24, 2.45) is 0 Å². The molecule has 1 saturated heterocycles. The van der Waals surface area contributed by atoms with Crippen LogP contribution in [0.2, 0.25) is 0 Å². The third kappa shape index (κ3) is 34.2. The lowest BCUT2D eigenvalue weighted by molar-refractivity contribution is -0.298. The summed E-state index contributed by atoms with van der Waals surface area (Å²) in [5, 5.41) is 44.9. The highest BCUT2D eigenvalue weighted by Crippen LogP contribution is 2.26. The van der Waals surface area contributed by atoms with Crippen LogP contribution in [-0.2, 0) is 28.9 Å². The van der Waals surface area contributed by atoms with Gasteiger partial charge >= 0.3 is 10.4 Å². The Balaban J connectivity index is 2.33. The number of allylic oxidation sites excluding steroid dienone is 2. The Morgan fingerprint density at radius 2 is 1.00 bits per heavy atom. The first-order valence-electron chi connectivity index (χ1n) is 26.6. The maximum atomic E-state index is 13.1. The van der Waals surface area contributed by atoms with Crippen LogP contribution in [0.4, 0.5) is 0 Å². The first-order valence-corrected chi connectivity index (χ1v) is 27.9. The lowest BCUT2D eigenvalue weighted by Gasteiger charge is -2.41. The van der Waals surface area contributed by atoms with Crippen molar-refractivity contribution in [3.63, 3.8) is 0 Å². The van der Waals surface area contributed by atoms with E-state index < -0.39 is 59.9 Å². The molecule has 7 atom stereocenters. The van der Waals surface area contributed by atoms with E-state index in [1.54, 1.807) is 0 Å². The highest BCUT2D eigenvalue weighted by atomic mass is 32.3. The molecule has 0 aromatic rings. The van der Waals surface area contributed by atoms with Gasteiger partial charge in [-0.1, -0.05) is 219 Å². The maximum absolute atomic E-state index is 13.1. The Kier molecular flexibility index (Phi) is 39.9. The summed E-state index contributed by atoms with van der Waals surface area (Å²) in [5.74, 6) is -0.230. The molecule has 1 amide bonds. The zero-order valence-corrected chi connectivity index (χ0v) is 41.7. The molecule has 380 valence electrons. The smallest absolute Gasteiger partial charge is 0.394 e. The number of rotatable bonds is 46. The predicted octanol–water partition coefficient (Wildman–Crippen LogP) is 11.5. The van der Waals surface area contributed by atoms with Gasteiger partial charge in [-0.25, -0.2) is 4.18 Å². The van der Waals surface area contributed by atoms with Crippen LogP contribution in [0, 0.1) is 0 Å². The molecule has 0 radical (unpaired) electrons. The fourth-order valence-corrected chi connectivity index (χ4v) is 9.20. The molecule has 0 aromatic heterocycles. The fourth-order valence-electron chi connectivity index (χ4n) is 8.69. The van der Waals surface area contributed by atoms with Crippen molar-refractivity contribution < 1.29 is 51.8 Å². The topological polar surface area (TPSA) is 192 Å². The predicted molar refractivity (Wildman–Crippen MR) is 259 cm³/mol. The summed E-state index contributed by atoms with van der Waals surface area (Å²) in [6.07, 6.45) is 39.4. The molecular weight excluding hydrogens is 835 g/mol. The van der Waals surface area contributed by atoms with Gasteiger partial charge in [-0.05, 0) is 38.5 Å². The van der Waals surface area contributed by atoms with Crippen LogP contribution in [0.1, 0.15) is 251 Å². The lowest BCUT2D eigenvalue weighted by atomic mass is 9.99. The molecule has 0 aliphatic carbocycles. The Morgan fingerprint density at radius 1 is 0.609 bits per heavy atom. The molecule has 0 bridgehead atoms. The van der Waals surface area contributed by atoms with Crippen LogP contribution in [-0.4, -0.2) is 95.4 Å². The highest BCUT2D eigenvalue weighted by molar-refractivity contribution is 7.80. The summed E-state index contributed by atoms with van der Waals surface area (Å²) in [6.45, 7) is 3.46. The van der Waals surface area contributed by atoms with E-state index in [0.717, 1.165) is 51.4 Å². The van der Waals surface area contributed by atoms with Crippen molar-refractivity contribution in [3.8, 4) is 0 Å². The number of hydrogen-bond acceptors (Lipinski definition) is 10. The van der Waals surface area contributed by atoms with E-state index in [1.807, 2.05) is 0 Å². The van der Waals surface area contributed by atoms with Crippen LogP contribution in [0.5, 0.6) is 0 Å². The first kappa shape index (κ1) is 60.9. The number of aliphatic hydroxyl groups is 4. The standard InChI is InChI=1S/C51H99NO11S/c1-3-5-7-9-11-13-15-17-18-19-20-21-22-23-24-25-26-27-28-29-31-33-35-37-39-41-47(55)52-44(45(54)40-38-36-34-32-30-16-14-12-10-8-6-4-2)43-61-51-49(57)50(63-64(58,59)60)48(56)46(42-53)62-51/h23-24,44-46,48-51,53-54,56-57H,3-22,25-43H2,1-2H3,(H,52,55)(H,58,59,60)/b24-23-. The lowest BCUT2D eigenvalue weighted by Crippen LogP contribution is -2.61. The van der Waals surface area contributed by atoms with Gasteiger partial charge in [0.25, 0.3) is 0 Å². The number of amides is 1.